The van der Waals surface area contributed by atoms with E-state index in [2.05, 4.69) is 15.9 Å². The van der Waals surface area contributed by atoms with Crippen LogP contribution in [0.25, 0.3) is 0 Å². The first kappa shape index (κ1) is 19.2. The molecule has 0 fully saturated rings. The van der Waals surface area contributed by atoms with Gasteiger partial charge in [0.05, 0.1) is 0 Å². The Kier molecular flexibility index (Phi) is 7.09. The van der Waals surface area contributed by atoms with Crippen molar-refractivity contribution in [3.63, 3.8) is 0 Å². The summed E-state index contributed by atoms with van der Waals surface area (Å²) >= 11 is 9.22. The molecule has 2 rings (SSSR count). The van der Waals surface area contributed by atoms with Gasteiger partial charge in [-0.2, -0.15) is 0 Å². The van der Waals surface area contributed by atoms with Gasteiger partial charge in [0, 0.05) is 38.7 Å². The number of carboxylic acids is 1. The van der Waals surface area contributed by atoms with Crippen LogP contribution in [0, 0.1) is 0 Å². The molecule has 0 spiro atoms. The maximum atomic E-state index is 12.5. The molecule has 0 aromatic heterocycles. The molecule has 2 N–H and O–H groups in total. The zero-order valence-corrected chi connectivity index (χ0v) is 16.1. The van der Waals surface area contributed by atoms with Crippen molar-refractivity contribution < 1.29 is 44.3 Å². The molecule has 2 aromatic rings. The summed E-state index contributed by atoms with van der Waals surface area (Å²) in [6.07, 6.45) is -0.396. The minimum atomic E-state index is -1.29. The fourth-order valence-corrected chi connectivity index (χ4v) is 2.43. The van der Waals surface area contributed by atoms with E-state index in [-0.39, 0.29) is 57.2 Å². The number of carbonyl (C=O) groups is 2. The van der Waals surface area contributed by atoms with Crippen LogP contribution in [0.1, 0.15) is 21.5 Å². The van der Waals surface area contributed by atoms with Crippen molar-refractivity contribution in [1.29, 1.82) is 0 Å². The van der Waals surface area contributed by atoms with Gasteiger partial charge in [-0.05, 0) is 42.0 Å². The number of carbonyl (C=O) groups excluding carboxylic acids is 2. The van der Waals surface area contributed by atoms with Crippen LogP contribution in [0.4, 0.5) is 5.69 Å². The third kappa shape index (κ3) is 4.57. The maximum Gasteiger partial charge on any atom is 1.00 e. The molecule has 0 saturated heterocycles. The Morgan fingerprint density at radius 3 is 2.32 bits per heavy atom. The van der Waals surface area contributed by atoms with E-state index in [0.29, 0.717) is 5.56 Å². The van der Waals surface area contributed by atoms with Gasteiger partial charge in [0.15, 0.2) is 5.78 Å². The second-order valence-electron chi connectivity index (χ2n) is 4.41. The smallest absolute Gasteiger partial charge is 0.550 e. The van der Waals surface area contributed by atoms with Gasteiger partial charge in [0.25, 0.3) is 0 Å². The molecule has 108 valence electrons. The molecule has 0 aliphatic rings. The molecule has 0 saturated carbocycles. The van der Waals surface area contributed by atoms with Crippen LogP contribution in [0.3, 0.4) is 0 Å². The Balaban J connectivity index is 0.00000242. The van der Waals surface area contributed by atoms with E-state index in [1.807, 2.05) is 0 Å². The Morgan fingerprint density at radius 1 is 1.18 bits per heavy atom. The summed E-state index contributed by atoms with van der Waals surface area (Å²) in [5.74, 6) is -1.60. The largest absolute Gasteiger partial charge is 1.00 e. The van der Waals surface area contributed by atoms with Crippen LogP contribution >= 0.6 is 27.5 Å². The second kappa shape index (κ2) is 8.13. The van der Waals surface area contributed by atoms with Crippen molar-refractivity contribution in [2.24, 2.45) is 0 Å². The van der Waals surface area contributed by atoms with Crippen molar-refractivity contribution >= 4 is 45.0 Å². The van der Waals surface area contributed by atoms with E-state index in [0.717, 1.165) is 4.47 Å². The van der Waals surface area contributed by atoms with Crippen molar-refractivity contribution in [2.45, 2.75) is 6.42 Å². The zero-order valence-electron chi connectivity index (χ0n) is 11.7. The molecular weight excluding hydrogens is 381 g/mol. The Hall–Kier alpha value is -0.850. The molecule has 7 heteroatoms. The Labute approximate surface area is 163 Å². The van der Waals surface area contributed by atoms with Crippen LogP contribution in [0.15, 0.2) is 40.9 Å². The first-order chi connectivity index (χ1) is 9.88. The molecule has 2 aromatic carbocycles. The molecule has 0 amide bonds. The number of aliphatic carboxylic acids is 1. The summed E-state index contributed by atoms with van der Waals surface area (Å²) in [5.41, 5.74) is 6.88. The van der Waals surface area contributed by atoms with Crippen LogP contribution < -0.4 is 40.4 Å². The second-order valence-corrected chi connectivity index (χ2v) is 5.76. The minimum absolute atomic E-state index is 0. The monoisotopic (exact) mass is 389 g/mol. The molecule has 22 heavy (non-hydrogen) atoms. The summed E-state index contributed by atoms with van der Waals surface area (Å²) in [6.45, 7) is 0. The normalized spacial score (nSPS) is 9.91. The summed E-state index contributed by atoms with van der Waals surface area (Å²) < 4.78 is 0.843. The van der Waals surface area contributed by atoms with Gasteiger partial charge >= 0.3 is 29.6 Å². The first-order valence-corrected chi connectivity index (χ1v) is 7.13. The summed E-state index contributed by atoms with van der Waals surface area (Å²) in [4.78, 5) is 23.2. The van der Waals surface area contributed by atoms with Gasteiger partial charge in [-0.25, -0.2) is 0 Å². The molecule has 0 unspecified atom stereocenters. The van der Waals surface area contributed by atoms with Gasteiger partial charge in [-0.15, -0.1) is 0 Å². The fraction of sp³-hybridized carbons (Fsp3) is 0.0667. The number of hydrogen-bond acceptors (Lipinski definition) is 4. The van der Waals surface area contributed by atoms with E-state index >= 15 is 0 Å². The number of nitrogens with two attached hydrogens (primary N) is 1. The predicted molar refractivity (Wildman–Crippen MR) is 82.1 cm³/mol. The standard InChI is InChI=1S/C15H11BrClNO3.Na/c16-10-3-1-8(2-4-10)15(21)12-7-11(17)5-9(14(12)18)6-13(19)20;/h1-5,7H,6,18H2,(H,19,20);/q;+1/p-1. The number of benzene rings is 2. The van der Waals surface area contributed by atoms with E-state index in [1.165, 1.54) is 12.1 Å². The zero-order chi connectivity index (χ0) is 15.6. The third-order valence-electron chi connectivity index (χ3n) is 2.92. The Bertz CT molecular complexity index is 719. The number of hydrogen-bond donors (Lipinski definition) is 1. The predicted octanol–water partition coefficient (Wildman–Crippen LogP) is -0.788. The van der Waals surface area contributed by atoms with Gasteiger partial charge in [-0.1, -0.05) is 27.5 Å². The number of ketones is 1. The number of halogens is 2. The van der Waals surface area contributed by atoms with Crippen molar-refractivity contribution in [2.75, 3.05) is 5.73 Å². The summed E-state index contributed by atoms with van der Waals surface area (Å²) in [7, 11) is 0. The van der Waals surface area contributed by atoms with Gasteiger partial charge in [0.1, 0.15) is 0 Å². The van der Waals surface area contributed by atoms with E-state index in [9.17, 15) is 14.7 Å². The van der Waals surface area contributed by atoms with Crippen LogP contribution in [-0.4, -0.2) is 11.8 Å². The van der Waals surface area contributed by atoms with Gasteiger partial charge in [-0.3, -0.25) is 4.79 Å². The van der Waals surface area contributed by atoms with E-state index < -0.39 is 12.4 Å². The first-order valence-electron chi connectivity index (χ1n) is 5.96. The fourth-order valence-electron chi connectivity index (χ4n) is 1.92. The van der Waals surface area contributed by atoms with E-state index in [4.69, 9.17) is 17.3 Å². The topological polar surface area (TPSA) is 83.2 Å². The molecule has 0 atom stereocenters. The van der Waals surface area contributed by atoms with Gasteiger partial charge < -0.3 is 15.6 Å². The number of rotatable bonds is 4. The number of nitrogen functional groups attached to an aromatic ring is 1. The minimum Gasteiger partial charge on any atom is -0.550 e. The molecule has 0 aliphatic carbocycles. The maximum absolute atomic E-state index is 12.5. The Morgan fingerprint density at radius 2 is 1.77 bits per heavy atom. The van der Waals surface area contributed by atoms with Crippen LogP contribution in [-0.2, 0) is 11.2 Å². The molecule has 0 radical (unpaired) electrons. The van der Waals surface area contributed by atoms with Crippen molar-refractivity contribution in [3.8, 4) is 0 Å². The molecule has 0 heterocycles. The average Bonchev–Trinajstić information content (AvgIpc) is 2.42. The molecule has 0 bridgehead atoms. The summed E-state index contributed by atoms with van der Waals surface area (Å²) in [5, 5.41) is 11.0. The quantitative estimate of drug-likeness (QED) is 0.421. The molecule has 4 nitrogen and oxygen atoms in total. The van der Waals surface area contributed by atoms with E-state index in [1.54, 1.807) is 24.3 Å². The third-order valence-corrected chi connectivity index (χ3v) is 3.66. The molecule has 0 aliphatic heterocycles. The number of carboxylic acid groups (broad SMARTS) is 1. The molecular formula is C15H10BrClNNaO3. The summed E-state index contributed by atoms with van der Waals surface area (Å²) in [6, 6.07) is 9.60. The van der Waals surface area contributed by atoms with Crippen LogP contribution in [0.2, 0.25) is 5.02 Å². The number of anilines is 1. The van der Waals surface area contributed by atoms with Crippen molar-refractivity contribution in [1.82, 2.24) is 0 Å². The average molecular weight is 391 g/mol. The SMILES string of the molecule is Nc1c(CC(=O)[O-])cc(Cl)cc1C(=O)c1ccc(Br)cc1.[Na+]. The van der Waals surface area contributed by atoms with Crippen molar-refractivity contribution in [3.05, 3.63) is 62.6 Å². The van der Waals surface area contributed by atoms with Crippen LogP contribution in [0.5, 0.6) is 0 Å². The van der Waals surface area contributed by atoms with Gasteiger partial charge in [0.2, 0.25) is 0 Å².